The fourth-order valence-corrected chi connectivity index (χ4v) is 4.42. The van der Waals surface area contributed by atoms with E-state index in [9.17, 15) is 0 Å². The van der Waals surface area contributed by atoms with Gasteiger partial charge in [-0.3, -0.25) is 0 Å². The monoisotopic (exact) mass is 478 g/mol. The first-order valence-electron chi connectivity index (χ1n) is 9.13. The van der Waals surface area contributed by atoms with Gasteiger partial charge in [0.1, 0.15) is 5.75 Å². The van der Waals surface area contributed by atoms with Gasteiger partial charge in [-0.2, -0.15) is 0 Å². The van der Waals surface area contributed by atoms with Crippen LogP contribution in [-0.4, -0.2) is 11.5 Å². The summed E-state index contributed by atoms with van der Waals surface area (Å²) in [7, 11) is 0. The maximum Gasteiger partial charge on any atom is 0.155 e. The van der Waals surface area contributed by atoms with Crippen LogP contribution >= 0.6 is 31.9 Å². The van der Waals surface area contributed by atoms with Gasteiger partial charge in [-0.05, 0) is 87.5 Å². The standard InChI is InChI=1S/C21H24Br2N2O/c1-3-5-6-7-14-13-25-20-9-8-16(12-17(14)20)26-21-18(22)10-15(24-4-2)11-19(21)23/h8-13,24-25H,3-7H2,1-2H3. The number of fused-ring (bicyclic) bond motifs is 1. The Morgan fingerprint density at radius 1 is 1.04 bits per heavy atom. The minimum atomic E-state index is 0.786. The number of aromatic nitrogens is 1. The summed E-state index contributed by atoms with van der Waals surface area (Å²) >= 11 is 7.25. The molecule has 0 radical (unpaired) electrons. The highest BCUT2D eigenvalue weighted by Gasteiger charge is 2.12. The van der Waals surface area contributed by atoms with Crippen LogP contribution in [0.3, 0.4) is 0 Å². The molecule has 0 aliphatic heterocycles. The Balaban J connectivity index is 1.86. The zero-order valence-electron chi connectivity index (χ0n) is 15.2. The van der Waals surface area contributed by atoms with Gasteiger partial charge >= 0.3 is 0 Å². The molecule has 3 aromatic rings. The Labute approximate surface area is 171 Å². The van der Waals surface area contributed by atoms with Gasteiger partial charge in [0.15, 0.2) is 5.75 Å². The molecule has 2 aromatic carbocycles. The van der Waals surface area contributed by atoms with Crippen molar-refractivity contribution in [2.75, 3.05) is 11.9 Å². The molecule has 3 nitrogen and oxygen atoms in total. The Kier molecular flexibility index (Phi) is 6.65. The van der Waals surface area contributed by atoms with Crippen molar-refractivity contribution in [2.24, 2.45) is 0 Å². The highest BCUT2D eigenvalue weighted by Crippen LogP contribution is 2.40. The number of anilines is 1. The summed E-state index contributed by atoms with van der Waals surface area (Å²) in [5.74, 6) is 1.63. The van der Waals surface area contributed by atoms with Crippen LogP contribution in [0.5, 0.6) is 11.5 Å². The van der Waals surface area contributed by atoms with Crippen LogP contribution in [0, 0.1) is 0 Å². The maximum absolute atomic E-state index is 6.20. The zero-order chi connectivity index (χ0) is 18.5. The van der Waals surface area contributed by atoms with E-state index in [1.54, 1.807) is 0 Å². The zero-order valence-corrected chi connectivity index (χ0v) is 18.3. The van der Waals surface area contributed by atoms with Crippen LogP contribution in [0.4, 0.5) is 5.69 Å². The molecular weight excluding hydrogens is 456 g/mol. The molecule has 1 heterocycles. The van der Waals surface area contributed by atoms with Crippen LogP contribution in [0.2, 0.25) is 0 Å². The lowest BCUT2D eigenvalue weighted by Gasteiger charge is -2.13. The maximum atomic E-state index is 6.20. The smallest absolute Gasteiger partial charge is 0.155 e. The van der Waals surface area contributed by atoms with E-state index in [0.29, 0.717) is 0 Å². The molecule has 0 fully saturated rings. The summed E-state index contributed by atoms with van der Waals surface area (Å²) in [6, 6.07) is 10.3. The van der Waals surface area contributed by atoms with E-state index >= 15 is 0 Å². The van der Waals surface area contributed by atoms with Crippen molar-refractivity contribution in [2.45, 2.75) is 39.5 Å². The predicted octanol–water partition coefficient (Wildman–Crippen LogP) is 7.65. The summed E-state index contributed by atoms with van der Waals surface area (Å²) in [5, 5.41) is 4.56. The number of unbranched alkanes of at least 4 members (excludes halogenated alkanes) is 2. The molecule has 0 bridgehead atoms. The summed E-state index contributed by atoms with van der Waals surface area (Å²) in [6.45, 7) is 5.19. The quantitative estimate of drug-likeness (QED) is 0.325. The topological polar surface area (TPSA) is 37.0 Å². The first-order chi connectivity index (χ1) is 12.6. The van der Waals surface area contributed by atoms with Gasteiger partial charge in [0, 0.05) is 29.3 Å². The van der Waals surface area contributed by atoms with Gasteiger partial charge in [-0.15, -0.1) is 0 Å². The van der Waals surface area contributed by atoms with E-state index in [1.807, 2.05) is 18.2 Å². The Morgan fingerprint density at radius 2 is 1.81 bits per heavy atom. The third kappa shape index (κ3) is 4.44. The molecule has 0 spiro atoms. The number of nitrogens with one attached hydrogen (secondary N) is 2. The molecule has 0 atom stereocenters. The molecule has 5 heteroatoms. The molecule has 3 rings (SSSR count). The molecular formula is C21H24Br2N2O. The van der Waals surface area contributed by atoms with Crippen LogP contribution in [-0.2, 0) is 6.42 Å². The number of aryl methyl sites for hydroxylation is 1. The minimum Gasteiger partial charge on any atom is -0.455 e. The third-order valence-electron chi connectivity index (χ3n) is 4.39. The molecule has 0 saturated heterocycles. The molecule has 0 aliphatic rings. The van der Waals surface area contributed by atoms with Crippen molar-refractivity contribution < 1.29 is 4.74 Å². The van der Waals surface area contributed by atoms with Crippen molar-refractivity contribution in [1.29, 1.82) is 0 Å². The number of hydrogen-bond donors (Lipinski definition) is 2. The van der Waals surface area contributed by atoms with Crippen LogP contribution in [0.25, 0.3) is 10.9 Å². The number of rotatable bonds is 8. The molecule has 0 amide bonds. The first kappa shape index (κ1) is 19.3. The van der Waals surface area contributed by atoms with Crippen LogP contribution < -0.4 is 10.1 Å². The van der Waals surface area contributed by atoms with E-state index < -0.39 is 0 Å². The van der Waals surface area contributed by atoms with Crippen LogP contribution in [0.1, 0.15) is 38.7 Å². The summed E-state index contributed by atoms with van der Waals surface area (Å²) in [5.41, 5.74) is 3.57. The van der Waals surface area contributed by atoms with Crippen LogP contribution in [0.15, 0.2) is 45.5 Å². The molecule has 138 valence electrons. The highest BCUT2D eigenvalue weighted by atomic mass is 79.9. The number of benzene rings is 2. The fourth-order valence-electron chi connectivity index (χ4n) is 3.07. The van der Waals surface area contributed by atoms with E-state index in [2.05, 4.69) is 74.3 Å². The average molecular weight is 480 g/mol. The lowest BCUT2D eigenvalue weighted by Crippen LogP contribution is -1.97. The van der Waals surface area contributed by atoms with Gasteiger partial charge in [-0.25, -0.2) is 0 Å². The Hall–Kier alpha value is -1.46. The number of halogens is 2. The summed E-state index contributed by atoms with van der Waals surface area (Å²) in [4.78, 5) is 3.37. The Bertz CT molecular complexity index is 866. The number of H-pyrrole nitrogens is 1. The number of ether oxygens (including phenoxy) is 1. The normalized spacial score (nSPS) is 11.1. The average Bonchev–Trinajstić information content (AvgIpc) is 3.01. The van der Waals surface area contributed by atoms with E-state index in [-0.39, 0.29) is 0 Å². The molecule has 26 heavy (non-hydrogen) atoms. The van der Waals surface area contributed by atoms with E-state index in [4.69, 9.17) is 4.74 Å². The van der Waals surface area contributed by atoms with Gasteiger partial charge in [-0.1, -0.05) is 19.8 Å². The fraction of sp³-hybridized carbons (Fsp3) is 0.333. The molecule has 0 unspecified atom stereocenters. The van der Waals surface area contributed by atoms with Gasteiger partial charge in [0.05, 0.1) is 8.95 Å². The number of aromatic amines is 1. The van der Waals surface area contributed by atoms with Crippen molar-refractivity contribution >= 4 is 48.5 Å². The second-order valence-electron chi connectivity index (χ2n) is 6.38. The van der Waals surface area contributed by atoms with Crippen molar-refractivity contribution in [3.05, 3.63) is 51.0 Å². The Morgan fingerprint density at radius 3 is 2.50 bits per heavy atom. The lowest BCUT2D eigenvalue weighted by atomic mass is 10.1. The molecule has 1 aromatic heterocycles. The minimum absolute atomic E-state index is 0.786. The van der Waals surface area contributed by atoms with Crippen molar-refractivity contribution in [3.63, 3.8) is 0 Å². The van der Waals surface area contributed by atoms with Crippen molar-refractivity contribution in [1.82, 2.24) is 4.98 Å². The van der Waals surface area contributed by atoms with E-state index in [1.165, 1.54) is 30.2 Å². The third-order valence-corrected chi connectivity index (χ3v) is 5.57. The SMILES string of the molecule is CCCCCc1c[nH]c2ccc(Oc3c(Br)cc(NCC)cc3Br)cc12. The lowest BCUT2D eigenvalue weighted by molar-refractivity contribution is 0.477. The van der Waals surface area contributed by atoms with Gasteiger partial charge in [0.2, 0.25) is 0 Å². The molecule has 2 N–H and O–H groups in total. The van der Waals surface area contributed by atoms with Gasteiger partial charge in [0.25, 0.3) is 0 Å². The van der Waals surface area contributed by atoms with Gasteiger partial charge < -0.3 is 15.0 Å². The largest absolute Gasteiger partial charge is 0.455 e. The summed E-state index contributed by atoms with van der Waals surface area (Å²) < 4.78 is 8.03. The predicted molar refractivity (Wildman–Crippen MR) is 118 cm³/mol. The second kappa shape index (κ2) is 8.96. The molecule has 0 aliphatic carbocycles. The number of hydrogen-bond acceptors (Lipinski definition) is 2. The molecule has 0 saturated carbocycles. The second-order valence-corrected chi connectivity index (χ2v) is 8.09. The first-order valence-corrected chi connectivity index (χ1v) is 10.7. The summed E-state index contributed by atoms with van der Waals surface area (Å²) in [6.07, 6.45) is 6.95. The highest BCUT2D eigenvalue weighted by molar-refractivity contribution is 9.11. The van der Waals surface area contributed by atoms with Crippen molar-refractivity contribution in [3.8, 4) is 11.5 Å². The van der Waals surface area contributed by atoms with E-state index in [0.717, 1.165) is 44.6 Å².